The Labute approximate surface area is 116 Å². The van der Waals surface area contributed by atoms with E-state index in [4.69, 9.17) is 11.6 Å². The number of anilines is 2. The number of rotatable bonds is 3. The molecular formula is C15H12ClN3. The van der Waals surface area contributed by atoms with Gasteiger partial charge in [0.1, 0.15) is 0 Å². The monoisotopic (exact) mass is 269 g/mol. The molecule has 0 saturated carbocycles. The van der Waals surface area contributed by atoms with Crippen molar-refractivity contribution in [2.24, 2.45) is 0 Å². The number of para-hydroxylation sites is 1. The van der Waals surface area contributed by atoms with Crippen molar-refractivity contribution in [3.05, 3.63) is 72.0 Å². The van der Waals surface area contributed by atoms with E-state index in [1.54, 1.807) is 6.20 Å². The first-order valence-electron chi connectivity index (χ1n) is 5.94. The van der Waals surface area contributed by atoms with Gasteiger partial charge in [0.15, 0.2) is 0 Å². The highest BCUT2D eigenvalue weighted by Gasteiger charge is 2.01. The van der Waals surface area contributed by atoms with Gasteiger partial charge in [0.25, 0.3) is 0 Å². The quantitative estimate of drug-likeness (QED) is 0.769. The van der Waals surface area contributed by atoms with Crippen molar-refractivity contribution in [3.63, 3.8) is 0 Å². The predicted octanol–water partition coefficient (Wildman–Crippen LogP) is 4.27. The Balaban J connectivity index is 1.82. The molecule has 0 saturated heterocycles. The topological polar surface area (TPSA) is 29.9 Å². The van der Waals surface area contributed by atoms with E-state index in [1.165, 1.54) is 0 Å². The molecule has 0 bridgehead atoms. The van der Waals surface area contributed by atoms with Crippen molar-refractivity contribution in [1.29, 1.82) is 0 Å². The predicted molar refractivity (Wildman–Crippen MR) is 78.3 cm³/mol. The summed E-state index contributed by atoms with van der Waals surface area (Å²) in [7, 11) is 0. The van der Waals surface area contributed by atoms with Crippen LogP contribution in [0.25, 0.3) is 5.69 Å². The fraction of sp³-hybridized carbons (Fsp3) is 0. The SMILES string of the molecule is Clc1cccc(Nc2cnn(-c3ccccc3)c2)c1. The molecule has 0 radical (unpaired) electrons. The second kappa shape index (κ2) is 5.16. The van der Waals surface area contributed by atoms with E-state index in [-0.39, 0.29) is 0 Å². The fourth-order valence-corrected chi connectivity index (χ4v) is 2.03. The van der Waals surface area contributed by atoms with E-state index >= 15 is 0 Å². The molecule has 1 aromatic heterocycles. The number of nitrogens with one attached hydrogen (secondary N) is 1. The van der Waals surface area contributed by atoms with Gasteiger partial charge in [-0.2, -0.15) is 5.10 Å². The highest BCUT2D eigenvalue weighted by atomic mass is 35.5. The smallest absolute Gasteiger partial charge is 0.0775 e. The molecule has 0 amide bonds. The third kappa shape index (κ3) is 2.77. The molecule has 4 heteroatoms. The average molecular weight is 270 g/mol. The zero-order valence-corrected chi connectivity index (χ0v) is 10.9. The van der Waals surface area contributed by atoms with Crippen LogP contribution in [0.1, 0.15) is 0 Å². The van der Waals surface area contributed by atoms with Crippen molar-refractivity contribution >= 4 is 23.0 Å². The highest BCUT2D eigenvalue weighted by molar-refractivity contribution is 6.30. The maximum absolute atomic E-state index is 5.95. The van der Waals surface area contributed by atoms with Crippen molar-refractivity contribution in [2.75, 3.05) is 5.32 Å². The lowest BCUT2D eigenvalue weighted by atomic mass is 10.3. The summed E-state index contributed by atoms with van der Waals surface area (Å²) >= 11 is 5.95. The van der Waals surface area contributed by atoms with E-state index < -0.39 is 0 Å². The number of hydrogen-bond acceptors (Lipinski definition) is 2. The van der Waals surface area contributed by atoms with Crippen LogP contribution < -0.4 is 5.32 Å². The molecule has 0 aliphatic carbocycles. The van der Waals surface area contributed by atoms with Gasteiger partial charge in [0.05, 0.1) is 23.8 Å². The number of nitrogens with zero attached hydrogens (tertiary/aromatic N) is 2. The standard InChI is InChI=1S/C15H12ClN3/c16-12-5-4-6-13(9-12)18-14-10-17-19(11-14)15-7-2-1-3-8-15/h1-11,18H. The summed E-state index contributed by atoms with van der Waals surface area (Å²) < 4.78 is 1.83. The van der Waals surface area contributed by atoms with Crippen molar-refractivity contribution in [3.8, 4) is 5.69 Å². The lowest BCUT2D eigenvalue weighted by Gasteiger charge is -2.03. The maximum atomic E-state index is 5.95. The Bertz CT molecular complexity index is 677. The van der Waals surface area contributed by atoms with Gasteiger partial charge in [-0.3, -0.25) is 0 Å². The Hall–Kier alpha value is -2.26. The summed E-state index contributed by atoms with van der Waals surface area (Å²) in [4.78, 5) is 0. The molecule has 94 valence electrons. The fourth-order valence-electron chi connectivity index (χ4n) is 1.84. The second-order valence-electron chi connectivity index (χ2n) is 4.14. The normalized spacial score (nSPS) is 10.4. The van der Waals surface area contributed by atoms with Crippen LogP contribution in [-0.4, -0.2) is 9.78 Å². The van der Waals surface area contributed by atoms with E-state index in [1.807, 2.05) is 65.5 Å². The second-order valence-corrected chi connectivity index (χ2v) is 4.58. The molecule has 0 unspecified atom stereocenters. The van der Waals surface area contributed by atoms with Gasteiger partial charge in [0.2, 0.25) is 0 Å². The van der Waals surface area contributed by atoms with Crippen molar-refractivity contribution in [2.45, 2.75) is 0 Å². The minimum Gasteiger partial charge on any atom is -0.353 e. The first-order valence-corrected chi connectivity index (χ1v) is 6.32. The summed E-state index contributed by atoms with van der Waals surface area (Å²) in [6, 6.07) is 17.6. The van der Waals surface area contributed by atoms with Crippen LogP contribution in [0.5, 0.6) is 0 Å². The Morgan fingerprint density at radius 3 is 2.58 bits per heavy atom. The molecular weight excluding hydrogens is 258 g/mol. The molecule has 0 atom stereocenters. The third-order valence-electron chi connectivity index (χ3n) is 2.72. The number of halogens is 1. The molecule has 0 fully saturated rings. The third-order valence-corrected chi connectivity index (χ3v) is 2.95. The molecule has 3 aromatic rings. The molecule has 0 aliphatic rings. The first kappa shape index (κ1) is 11.8. The van der Waals surface area contributed by atoms with E-state index in [0.717, 1.165) is 17.1 Å². The van der Waals surface area contributed by atoms with Gasteiger partial charge in [0, 0.05) is 10.7 Å². The van der Waals surface area contributed by atoms with Crippen molar-refractivity contribution in [1.82, 2.24) is 9.78 Å². The van der Waals surface area contributed by atoms with Crippen LogP contribution in [0.2, 0.25) is 5.02 Å². The van der Waals surface area contributed by atoms with Crippen LogP contribution in [-0.2, 0) is 0 Å². The molecule has 0 spiro atoms. The number of benzene rings is 2. The zero-order chi connectivity index (χ0) is 13.1. The minimum atomic E-state index is 0.709. The highest BCUT2D eigenvalue weighted by Crippen LogP contribution is 2.20. The summed E-state index contributed by atoms with van der Waals surface area (Å²) in [5, 5.41) is 8.30. The Kier molecular flexibility index (Phi) is 3.21. The van der Waals surface area contributed by atoms with Gasteiger partial charge in [-0.1, -0.05) is 35.9 Å². The summed E-state index contributed by atoms with van der Waals surface area (Å²) in [6.45, 7) is 0. The molecule has 1 N–H and O–H groups in total. The molecule has 19 heavy (non-hydrogen) atoms. The Morgan fingerprint density at radius 1 is 0.947 bits per heavy atom. The van der Waals surface area contributed by atoms with E-state index in [2.05, 4.69) is 10.4 Å². The van der Waals surface area contributed by atoms with E-state index in [9.17, 15) is 0 Å². The summed E-state index contributed by atoms with van der Waals surface area (Å²) in [5.41, 5.74) is 2.90. The minimum absolute atomic E-state index is 0.709. The summed E-state index contributed by atoms with van der Waals surface area (Å²) in [6.07, 6.45) is 3.73. The van der Waals surface area contributed by atoms with Gasteiger partial charge >= 0.3 is 0 Å². The van der Waals surface area contributed by atoms with Crippen LogP contribution in [0.3, 0.4) is 0 Å². The lowest BCUT2D eigenvalue weighted by molar-refractivity contribution is 0.881. The number of aromatic nitrogens is 2. The van der Waals surface area contributed by atoms with Gasteiger partial charge < -0.3 is 5.32 Å². The average Bonchev–Trinajstić information content (AvgIpc) is 2.88. The Morgan fingerprint density at radius 2 is 1.79 bits per heavy atom. The van der Waals surface area contributed by atoms with Crippen LogP contribution in [0, 0.1) is 0 Å². The largest absolute Gasteiger partial charge is 0.353 e. The van der Waals surface area contributed by atoms with Crippen LogP contribution >= 0.6 is 11.6 Å². The maximum Gasteiger partial charge on any atom is 0.0775 e. The molecule has 0 aliphatic heterocycles. The lowest BCUT2D eigenvalue weighted by Crippen LogP contribution is -1.93. The zero-order valence-electron chi connectivity index (χ0n) is 10.1. The first-order chi connectivity index (χ1) is 9.31. The molecule has 3 nitrogen and oxygen atoms in total. The summed E-state index contributed by atoms with van der Waals surface area (Å²) in [5.74, 6) is 0. The van der Waals surface area contributed by atoms with Crippen LogP contribution in [0.4, 0.5) is 11.4 Å². The van der Waals surface area contributed by atoms with Gasteiger partial charge in [-0.15, -0.1) is 0 Å². The van der Waals surface area contributed by atoms with Crippen molar-refractivity contribution < 1.29 is 0 Å². The van der Waals surface area contributed by atoms with Gasteiger partial charge in [-0.25, -0.2) is 4.68 Å². The van der Waals surface area contributed by atoms with Gasteiger partial charge in [-0.05, 0) is 30.3 Å². The molecule has 1 heterocycles. The van der Waals surface area contributed by atoms with Crippen LogP contribution in [0.15, 0.2) is 67.0 Å². The molecule has 3 rings (SSSR count). The van der Waals surface area contributed by atoms with E-state index in [0.29, 0.717) is 5.02 Å². The number of hydrogen-bond donors (Lipinski definition) is 1. The molecule has 2 aromatic carbocycles.